The lowest BCUT2D eigenvalue weighted by atomic mass is 10.0. The fourth-order valence-corrected chi connectivity index (χ4v) is 2.86. The van der Waals surface area contributed by atoms with E-state index >= 15 is 0 Å². The third-order valence-electron chi connectivity index (χ3n) is 3.31. The maximum atomic E-state index is 10.9. The molecule has 1 saturated heterocycles. The Labute approximate surface area is 107 Å². The molecule has 4 heteroatoms. The molecule has 1 amide bonds. The molecule has 1 aliphatic rings. The molecule has 1 atom stereocenters. The van der Waals surface area contributed by atoms with Gasteiger partial charge >= 0.3 is 0 Å². The van der Waals surface area contributed by atoms with Crippen molar-refractivity contribution in [2.45, 2.75) is 39.2 Å². The minimum absolute atomic E-state index is 0.102. The molecule has 1 fully saturated rings. The van der Waals surface area contributed by atoms with Crippen LogP contribution in [0, 0.1) is 5.92 Å². The van der Waals surface area contributed by atoms with Crippen molar-refractivity contribution >= 4 is 21.8 Å². The first-order chi connectivity index (χ1) is 7.65. The number of piperidine rings is 1. The van der Waals surface area contributed by atoms with Gasteiger partial charge in [0.25, 0.3) is 0 Å². The number of nitrogens with zero attached hydrogens (tertiary/aromatic N) is 1. The van der Waals surface area contributed by atoms with Crippen LogP contribution in [0.5, 0.6) is 0 Å². The van der Waals surface area contributed by atoms with Crippen molar-refractivity contribution in [3.8, 4) is 0 Å². The van der Waals surface area contributed by atoms with Crippen LogP contribution in [0.25, 0.3) is 0 Å². The van der Waals surface area contributed by atoms with Crippen molar-refractivity contribution in [3.05, 3.63) is 0 Å². The highest BCUT2D eigenvalue weighted by Crippen LogP contribution is 2.15. The fourth-order valence-electron chi connectivity index (χ4n) is 2.20. The van der Waals surface area contributed by atoms with Gasteiger partial charge in [0.2, 0.25) is 5.91 Å². The summed E-state index contributed by atoms with van der Waals surface area (Å²) in [6.07, 6.45) is 3.42. The minimum atomic E-state index is 0.102. The van der Waals surface area contributed by atoms with Gasteiger partial charge in [-0.1, -0.05) is 29.3 Å². The maximum absolute atomic E-state index is 10.9. The zero-order valence-electron chi connectivity index (χ0n) is 10.3. The molecule has 0 saturated carbocycles. The number of amides is 1. The number of rotatable bonds is 5. The van der Waals surface area contributed by atoms with Gasteiger partial charge in [-0.05, 0) is 18.8 Å². The molecule has 0 aromatic rings. The van der Waals surface area contributed by atoms with Gasteiger partial charge in [-0.2, -0.15) is 0 Å². The first-order valence-electron chi connectivity index (χ1n) is 6.21. The van der Waals surface area contributed by atoms with E-state index in [2.05, 4.69) is 33.1 Å². The summed E-state index contributed by atoms with van der Waals surface area (Å²) < 4.78 is 0. The van der Waals surface area contributed by atoms with E-state index in [4.69, 9.17) is 0 Å². The third kappa shape index (κ3) is 4.83. The molecular weight excluding hydrogens is 268 g/mol. The standard InChI is InChI=1S/C12H23BrN2O/c1-3-11(8-13)9-15-6-4-12(5-7-15)14-10(2)16/h11-12H,3-9H2,1-2H3,(H,14,16). The number of likely N-dealkylation sites (tertiary alicyclic amines) is 1. The van der Waals surface area contributed by atoms with Gasteiger partial charge < -0.3 is 10.2 Å². The summed E-state index contributed by atoms with van der Waals surface area (Å²) in [4.78, 5) is 13.5. The van der Waals surface area contributed by atoms with E-state index in [9.17, 15) is 4.79 Å². The topological polar surface area (TPSA) is 32.3 Å². The first kappa shape index (κ1) is 14.0. The molecule has 3 nitrogen and oxygen atoms in total. The SMILES string of the molecule is CCC(CBr)CN1CCC(NC(C)=O)CC1. The van der Waals surface area contributed by atoms with Crippen LogP contribution in [0.3, 0.4) is 0 Å². The summed E-state index contributed by atoms with van der Waals surface area (Å²) in [5.41, 5.74) is 0. The molecule has 1 aliphatic heterocycles. The highest BCUT2D eigenvalue weighted by molar-refractivity contribution is 9.09. The summed E-state index contributed by atoms with van der Waals surface area (Å²) >= 11 is 3.56. The molecule has 0 aromatic heterocycles. The Kier molecular flexibility index (Phi) is 6.36. The molecule has 1 heterocycles. The van der Waals surface area contributed by atoms with Crippen molar-refractivity contribution in [1.29, 1.82) is 0 Å². The molecule has 0 aromatic carbocycles. The molecule has 1 rings (SSSR count). The molecule has 94 valence electrons. The quantitative estimate of drug-likeness (QED) is 0.786. The van der Waals surface area contributed by atoms with Gasteiger partial charge in [0.05, 0.1) is 0 Å². The van der Waals surface area contributed by atoms with Crippen LogP contribution in [-0.2, 0) is 4.79 Å². The minimum Gasteiger partial charge on any atom is -0.354 e. The third-order valence-corrected chi connectivity index (χ3v) is 4.22. The van der Waals surface area contributed by atoms with Crippen LogP contribution < -0.4 is 5.32 Å². The lowest BCUT2D eigenvalue weighted by molar-refractivity contribution is -0.119. The number of hydrogen-bond acceptors (Lipinski definition) is 2. The van der Waals surface area contributed by atoms with Gasteiger partial charge in [-0.25, -0.2) is 0 Å². The Morgan fingerprint density at radius 1 is 1.50 bits per heavy atom. The van der Waals surface area contributed by atoms with Crippen molar-refractivity contribution in [2.75, 3.05) is 25.0 Å². The predicted molar refractivity (Wildman–Crippen MR) is 70.9 cm³/mol. The first-order valence-corrected chi connectivity index (χ1v) is 7.33. The van der Waals surface area contributed by atoms with E-state index in [0.29, 0.717) is 6.04 Å². The highest BCUT2D eigenvalue weighted by Gasteiger charge is 2.21. The van der Waals surface area contributed by atoms with Gasteiger partial charge in [0.1, 0.15) is 0 Å². The van der Waals surface area contributed by atoms with Crippen LogP contribution in [0.2, 0.25) is 0 Å². The van der Waals surface area contributed by atoms with Crippen LogP contribution in [0.4, 0.5) is 0 Å². The van der Waals surface area contributed by atoms with Gasteiger partial charge in [0, 0.05) is 37.9 Å². The average Bonchev–Trinajstić information content (AvgIpc) is 2.27. The monoisotopic (exact) mass is 290 g/mol. The van der Waals surface area contributed by atoms with Crippen molar-refractivity contribution in [1.82, 2.24) is 10.2 Å². The maximum Gasteiger partial charge on any atom is 0.217 e. The smallest absolute Gasteiger partial charge is 0.217 e. The second-order valence-electron chi connectivity index (χ2n) is 4.70. The molecule has 0 bridgehead atoms. The van der Waals surface area contributed by atoms with E-state index < -0.39 is 0 Å². The van der Waals surface area contributed by atoms with Crippen LogP contribution in [0.1, 0.15) is 33.1 Å². The Hall–Kier alpha value is -0.0900. The molecule has 0 aliphatic carbocycles. The van der Waals surface area contributed by atoms with Gasteiger partial charge in [0.15, 0.2) is 0 Å². The van der Waals surface area contributed by atoms with Crippen molar-refractivity contribution in [2.24, 2.45) is 5.92 Å². The average molecular weight is 291 g/mol. The van der Waals surface area contributed by atoms with Crippen molar-refractivity contribution in [3.63, 3.8) is 0 Å². The number of nitrogens with one attached hydrogen (secondary N) is 1. The summed E-state index contributed by atoms with van der Waals surface area (Å²) in [5.74, 6) is 0.864. The van der Waals surface area contributed by atoms with Crippen molar-refractivity contribution < 1.29 is 4.79 Å². The second kappa shape index (κ2) is 7.28. The van der Waals surface area contributed by atoms with Gasteiger partial charge in [-0.3, -0.25) is 4.79 Å². The normalized spacial score (nSPS) is 20.7. The fraction of sp³-hybridized carbons (Fsp3) is 0.917. The number of hydrogen-bond donors (Lipinski definition) is 1. The molecule has 16 heavy (non-hydrogen) atoms. The molecule has 1 unspecified atom stereocenters. The lowest BCUT2D eigenvalue weighted by Crippen LogP contribution is -2.45. The van der Waals surface area contributed by atoms with Crippen LogP contribution >= 0.6 is 15.9 Å². The van der Waals surface area contributed by atoms with E-state index in [1.165, 1.54) is 13.0 Å². The van der Waals surface area contributed by atoms with E-state index in [1.54, 1.807) is 6.92 Å². The summed E-state index contributed by atoms with van der Waals surface area (Å²) in [7, 11) is 0. The molecular formula is C12H23BrN2O. The summed E-state index contributed by atoms with van der Waals surface area (Å²) in [5, 5.41) is 4.10. The Morgan fingerprint density at radius 3 is 2.56 bits per heavy atom. The summed E-state index contributed by atoms with van der Waals surface area (Å²) in [6.45, 7) is 7.28. The van der Waals surface area contributed by atoms with Crippen LogP contribution in [0.15, 0.2) is 0 Å². The zero-order chi connectivity index (χ0) is 12.0. The number of carbonyl (C=O) groups excluding carboxylic acids is 1. The Balaban J connectivity index is 2.23. The van der Waals surface area contributed by atoms with Crippen LogP contribution in [-0.4, -0.2) is 41.8 Å². The summed E-state index contributed by atoms with van der Waals surface area (Å²) in [6, 6.07) is 0.401. The predicted octanol–water partition coefficient (Wildman–Crippen LogP) is 2.01. The zero-order valence-corrected chi connectivity index (χ0v) is 11.9. The number of halogens is 1. The Bertz CT molecular complexity index is 211. The van der Waals surface area contributed by atoms with E-state index in [1.807, 2.05) is 0 Å². The van der Waals surface area contributed by atoms with E-state index in [0.717, 1.165) is 37.2 Å². The van der Waals surface area contributed by atoms with E-state index in [-0.39, 0.29) is 5.91 Å². The highest BCUT2D eigenvalue weighted by atomic mass is 79.9. The number of alkyl halides is 1. The lowest BCUT2D eigenvalue weighted by Gasteiger charge is -2.33. The Morgan fingerprint density at radius 2 is 2.12 bits per heavy atom. The number of carbonyl (C=O) groups is 1. The second-order valence-corrected chi connectivity index (χ2v) is 5.35. The largest absolute Gasteiger partial charge is 0.354 e. The molecule has 0 radical (unpaired) electrons. The molecule has 0 spiro atoms. The molecule has 1 N–H and O–H groups in total. The van der Waals surface area contributed by atoms with Gasteiger partial charge in [-0.15, -0.1) is 0 Å².